The van der Waals surface area contributed by atoms with E-state index in [0.29, 0.717) is 8.67 Å². The average molecular weight is 372 g/mol. The summed E-state index contributed by atoms with van der Waals surface area (Å²) in [6.45, 7) is 0. The Morgan fingerprint density at radius 2 is 2.18 bits per heavy atom. The maximum Gasteiger partial charge on any atom is 0.0992 e. The Bertz CT molecular complexity index is 512. The number of nitrogens with one attached hydrogen (secondary N) is 1. The number of hydrogen-bond acceptors (Lipinski definition) is 4. The second-order valence-corrected chi connectivity index (χ2v) is 7.63. The standard InChI is InChI=1S/C10H9BrCl2N2S2/c11-5-1-6(16-4-5)2-8(15-14)7-3-9(12)17-10(7)13/h1,3-4,8,15H,2,14H2. The number of hydrogen-bond donors (Lipinski definition) is 2. The first kappa shape index (κ1) is 13.8. The van der Waals surface area contributed by atoms with Gasteiger partial charge in [-0.05, 0) is 28.1 Å². The van der Waals surface area contributed by atoms with Crippen LogP contribution in [0, 0.1) is 0 Å². The summed E-state index contributed by atoms with van der Waals surface area (Å²) in [7, 11) is 0. The summed E-state index contributed by atoms with van der Waals surface area (Å²) in [4.78, 5) is 1.23. The molecule has 0 aliphatic rings. The molecule has 2 aromatic heterocycles. The lowest BCUT2D eigenvalue weighted by Crippen LogP contribution is -2.29. The maximum absolute atomic E-state index is 6.12. The van der Waals surface area contributed by atoms with Crippen LogP contribution in [0.1, 0.15) is 16.5 Å². The van der Waals surface area contributed by atoms with Crippen molar-refractivity contribution < 1.29 is 0 Å². The molecule has 0 saturated carbocycles. The molecule has 2 aromatic rings. The summed E-state index contributed by atoms with van der Waals surface area (Å²) in [6, 6.07) is 3.93. The average Bonchev–Trinajstić information content (AvgIpc) is 2.82. The van der Waals surface area contributed by atoms with E-state index in [1.807, 2.05) is 11.4 Å². The molecule has 92 valence electrons. The summed E-state index contributed by atoms with van der Waals surface area (Å²) >= 11 is 18.5. The molecular formula is C10H9BrCl2N2S2. The molecule has 0 spiro atoms. The van der Waals surface area contributed by atoms with E-state index >= 15 is 0 Å². The predicted molar refractivity (Wildman–Crippen MR) is 80.1 cm³/mol. The van der Waals surface area contributed by atoms with Gasteiger partial charge in [-0.1, -0.05) is 23.2 Å². The summed E-state index contributed by atoms with van der Waals surface area (Å²) in [5.41, 5.74) is 3.74. The molecule has 0 radical (unpaired) electrons. The third-order valence-corrected chi connectivity index (χ3v) is 5.52. The maximum atomic E-state index is 6.12. The van der Waals surface area contributed by atoms with Gasteiger partial charge in [-0.2, -0.15) is 0 Å². The predicted octanol–water partition coefficient (Wildman–Crippen LogP) is 4.63. The zero-order valence-electron chi connectivity index (χ0n) is 8.54. The van der Waals surface area contributed by atoms with Gasteiger partial charge in [0.15, 0.2) is 0 Å². The minimum Gasteiger partial charge on any atom is -0.271 e. The molecule has 0 amide bonds. The second-order valence-electron chi connectivity index (χ2n) is 3.43. The van der Waals surface area contributed by atoms with Gasteiger partial charge in [-0.15, -0.1) is 22.7 Å². The lowest BCUT2D eigenvalue weighted by atomic mass is 10.1. The Labute approximate surface area is 126 Å². The summed E-state index contributed by atoms with van der Waals surface area (Å²) in [6.07, 6.45) is 0.791. The first-order valence-corrected chi connectivity index (χ1v) is 7.98. The first-order chi connectivity index (χ1) is 8.10. The highest BCUT2D eigenvalue weighted by atomic mass is 79.9. The van der Waals surface area contributed by atoms with Crippen molar-refractivity contribution in [2.24, 2.45) is 5.84 Å². The van der Waals surface area contributed by atoms with Gasteiger partial charge in [0.05, 0.1) is 14.7 Å². The minimum atomic E-state index is -0.0169. The van der Waals surface area contributed by atoms with Gasteiger partial charge < -0.3 is 0 Å². The van der Waals surface area contributed by atoms with Crippen LogP contribution in [0.25, 0.3) is 0 Å². The van der Waals surface area contributed by atoms with Crippen LogP contribution in [-0.4, -0.2) is 0 Å². The van der Waals surface area contributed by atoms with Crippen molar-refractivity contribution in [1.29, 1.82) is 0 Å². The second kappa shape index (κ2) is 6.02. The van der Waals surface area contributed by atoms with Crippen LogP contribution in [-0.2, 0) is 6.42 Å². The van der Waals surface area contributed by atoms with Gasteiger partial charge in [0, 0.05) is 26.7 Å². The first-order valence-electron chi connectivity index (χ1n) is 4.74. The van der Waals surface area contributed by atoms with Crippen molar-refractivity contribution in [3.63, 3.8) is 0 Å². The van der Waals surface area contributed by atoms with Crippen LogP contribution < -0.4 is 11.3 Å². The van der Waals surface area contributed by atoms with Crippen molar-refractivity contribution in [2.45, 2.75) is 12.5 Å². The molecule has 0 aliphatic carbocycles. The highest BCUT2D eigenvalue weighted by molar-refractivity contribution is 9.10. The van der Waals surface area contributed by atoms with E-state index in [1.54, 1.807) is 11.3 Å². The number of rotatable bonds is 4. The zero-order chi connectivity index (χ0) is 12.4. The van der Waals surface area contributed by atoms with E-state index in [-0.39, 0.29) is 6.04 Å². The van der Waals surface area contributed by atoms with Crippen LogP contribution >= 0.6 is 61.8 Å². The van der Waals surface area contributed by atoms with Gasteiger partial charge >= 0.3 is 0 Å². The zero-order valence-corrected chi connectivity index (χ0v) is 13.3. The highest BCUT2D eigenvalue weighted by Crippen LogP contribution is 2.36. The normalized spacial score (nSPS) is 12.9. The van der Waals surface area contributed by atoms with Crippen molar-refractivity contribution in [2.75, 3.05) is 0 Å². The van der Waals surface area contributed by atoms with E-state index in [2.05, 4.69) is 27.4 Å². The van der Waals surface area contributed by atoms with Crippen molar-refractivity contribution in [3.05, 3.63) is 41.1 Å². The molecule has 2 rings (SSSR count). The Morgan fingerprint density at radius 3 is 2.65 bits per heavy atom. The van der Waals surface area contributed by atoms with Gasteiger partial charge in [0.25, 0.3) is 0 Å². The monoisotopic (exact) mass is 370 g/mol. The van der Waals surface area contributed by atoms with Crippen molar-refractivity contribution >= 4 is 61.8 Å². The molecule has 2 nitrogen and oxygen atoms in total. The van der Waals surface area contributed by atoms with E-state index in [4.69, 9.17) is 29.0 Å². The fraction of sp³-hybridized carbons (Fsp3) is 0.200. The van der Waals surface area contributed by atoms with Crippen LogP contribution in [0.3, 0.4) is 0 Å². The molecule has 0 fully saturated rings. The number of thiophene rings is 2. The molecule has 1 unspecified atom stereocenters. The Hall–Kier alpha value is 0.380. The van der Waals surface area contributed by atoms with Crippen LogP contribution in [0.4, 0.5) is 0 Å². The lowest BCUT2D eigenvalue weighted by molar-refractivity contribution is 0.557. The smallest absolute Gasteiger partial charge is 0.0992 e. The molecule has 2 heterocycles. The van der Waals surface area contributed by atoms with Gasteiger partial charge in [-0.3, -0.25) is 11.3 Å². The van der Waals surface area contributed by atoms with Gasteiger partial charge in [-0.25, -0.2) is 0 Å². The van der Waals surface area contributed by atoms with Gasteiger partial charge in [0.2, 0.25) is 0 Å². The van der Waals surface area contributed by atoms with Crippen LogP contribution in [0.5, 0.6) is 0 Å². The number of hydrazine groups is 1. The lowest BCUT2D eigenvalue weighted by Gasteiger charge is -2.14. The number of halogens is 3. The third-order valence-electron chi connectivity index (χ3n) is 2.29. The van der Waals surface area contributed by atoms with E-state index in [0.717, 1.165) is 16.5 Å². The largest absolute Gasteiger partial charge is 0.271 e. The van der Waals surface area contributed by atoms with E-state index < -0.39 is 0 Å². The van der Waals surface area contributed by atoms with E-state index in [1.165, 1.54) is 16.2 Å². The Kier molecular flexibility index (Phi) is 4.88. The molecule has 17 heavy (non-hydrogen) atoms. The molecular weight excluding hydrogens is 363 g/mol. The minimum absolute atomic E-state index is 0.0169. The number of nitrogens with two attached hydrogens (primary N) is 1. The molecule has 0 saturated heterocycles. The Morgan fingerprint density at radius 1 is 1.41 bits per heavy atom. The van der Waals surface area contributed by atoms with Crippen LogP contribution in [0.15, 0.2) is 22.0 Å². The van der Waals surface area contributed by atoms with Crippen LogP contribution in [0.2, 0.25) is 8.67 Å². The van der Waals surface area contributed by atoms with Gasteiger partial charge in [0.1, 0.15) is 0 Å². The molecule has 0 bridgehead atoms. The molecule has 7 heteroatoms. The SMILES string of the molecule is NNC(Cc1cc(Br)cs1)c1cc(Cl)sc1Cl. The summed E-state index contributed by atoms with van der Waals surface area (Å²) < 4.78 is 2.45. The quantitative estimate of drug-likeness (QED) is 0.607. The summed E-state index contributed by atoms with van der Waals surface area (Å²) in [5.74, 6) is 5.58. The molecule has 3 N–H and O–H groups in total. The van der Waals surface area contributed by atoms with E-state index in [9.17, 15) is 0 Å². The molecule has 1 atom stereocenters. The third kappa shape index (κ3) is 3.44. The highest BCUT2D eigenvalue weighted by Gasteiger charge is 2.17. The van der Waals surface area contributed by atoms with Crippen molar-refractivity contribution in [1.82, 2.24) is 5.43 Å². The molecule has 0 aliphatic heterocycles. The topological polar surface area (TPSA) is 38.0 Å². The van der Waals surface area contributed by atoms with Crippen molar-refractivity contribution in [3.8, 4) is 0 Å². The summed E-state index contributed by atoms with van der Waals surface area (Å²) in [5, 5.41) is 2.05. The fourth-order valence-electron chi connectivity index (χ4n) is 1.51. The Balaban J connectivity index is 2.19. The fourth-order valence-corrected chi connectivity index (χ4v) is 4.59. The molecule has 0 aromatic carbocycles.